The first-order chi connectivity index (χ1) is 15.4. The fraction of sp³-hybridized carbons (Fsp3) is 0.609. The van der Waals surface area contributed by atoms with Crippen molar-refractivity contribution in [3.63, 3.8) is 0 Å². The van der Waals surface area contributed by atoms with Crippen molar-refractivity contribution in [3.05, 3.63) is 28.8 Å². The zero-order valence-electron chi connectivity index (χ0n) is 18.4. The maximum atomic E-state index is 13.7. The molecule has 2 unspecified atom stereocenters. The number of likely N-dealkylation sites (tertiary alicyclic amines) is 1. The van der Waals surface area contributed by atoms with Crippen LogP contribution in [0.5, 0.6) is 0 Å². The van der Waals surface area contributed by atoms with Gasteiger partial charge in [-0.1, -0.05) is 23.7 Å². The minimum atomic E-state index is -1.02. The van der Waals surface area contributed by atoms with E-state index in [1.165, 1.54) is 0 Å². The van der Waals surface area contributed by atoms with Crippen LogP contribution < -0.4 is 10.6 Å². The molecule has 3 amide bonds. The number of anilines is 1. The molecule has 0 aliphatic carbocycles. The Kier molecular flexibility index (Phi) is 6.47. The predicted octanol–water partition coefficient (Wildman–Crippen LogP) is 1.87. The number of benzene rings is 1. The molecule has 8 nitrogen and oxygen atoms in total. The number of para-hydroxylation sites is 1. The van der Waals surface area contributed by atoms with Crippen molar-refractivity contribution in [2.75, 3.05) is 25.5 Å². The van der Waals surface area contributed by atoms with Crippen LogP contribution in [-0.2, 0) is 19.1 Å². The first-order valence-corrected chi connectivity index (χ1v) is 11.6. The normalized spacial score (nSPS) is 30.5. The van der Waals surface area contributed by atoms with Crippen molar-refractivity contribution in [1.29, 1.82) is 0 Å². The maximum absolute atomic E-state index is 13.7. The van der Waals surface area contributed by atoms with Gasteiger partial charge >= 0.3 is 0 Å². The van der Waals surface area contributed by atoms with Gasteiger partial charge in [-0.3, -0.25) is 14.4 Å². The van der Waals surface area contributed by atoms with Gasteiger partial charge in [-0.2, -0.15) is 0 Å². The van der Waals surface area contributed by atoms with Crippen LogP contribution in [0.15, 0.2) is 18.2 Å². The maximum Gasteiger partial charge on any atom is 0.250 e. The van der Waals surface area contributed by atoms with Gasteiger partial charge in [-0.05, 0) is 50.7 Å². The highest BCUT2D eigenvalue weighted by Crippen LogP contribution is 2.58. The number of aliphatic hydroxyl groups is 1. The smallest absolute Gasteiger partial charge is 0.250 e. The Morgan fingerprint density at radius 3 is 2.75 bits per heavy atom. The van der Waals surface area contributed by atoms with Crippen molar-refractivity contribution < 1.29 is 24.2 Å². The van der Waals surface area contributed by atoms with Gasteiger partial charge in [0.05, 0.1) is 28.6 Å². The Labute approximate surface area is 192 Å². The van der Waals surface area contributed by atoms with E-state index in [9.17, 15) is 14.4 Å². The molecule has 5 atom stereocenters. The van der Waals surface area contributed by atoms with Crippen molar-refractivity contribution in [1.82, 2.24) is 10.2 Å². The van der Waals surface area contributed by atoms with Crippen molar-refractivity contribution in [2.45, 2.75) is 56.8 Å². The number of ether oxygens (including phenoxy) is 1. The van der Waals surface area contributed by atoms with Crippen LogP contribution in [0.2, 0.25) is 5.02 Å². The lowest BCUT2D eigenvalue weighted by Gasteiger charge is -2.33. The standard InChI is InChI=1S/C23H30ClN3O5/c1-13-7-6-8-14(24)18(13)26-21(30)19-23-10-9-15(32-23)16(20(29)25-2)17(23)22(31)27(19)11-4-3-5-12-28/h6-8,15-17,19,28H,3-5,9-12H2,1-2H3,(H,25,29)(H,26,30)/t15-,16+,17-,19?,23?/m0/s1. The number of nitrogens with one attached hydrogen (secondary N) is 2. The summed E-state index contributed by atoms with van der Waals surface area (Å²) in [7, 11) is 1.55. The average molecular weight is 464 g/mol. The number of aliphatic hydroxyl groups excluding tert-OH is 1. The van der Waals surface area contributed by atoms with Gasteiger partial charge in [0.15, 0.2) is 0 Å². The van der Waals surface area contributed by atoms with Crippen molar-refractivity contribution in [2.24, 2.45) is 11.8 Å². The van der Waals surface area contributed by atoms with Crippen LogP contribution in [0.25, 0.3) is 0 Å². The van der Waals surface area contributed by atoms with E-state index < -0.39 is 23.5 Å². The van der Waals surface area contributed by atoms with E-state index in [2.05, 4.69) is 10.6 Å². The number of hydrogen-bond acceptors (Lipinski definition) is 5. The average Bonchev–Trinajstić information content (AvgIpc) is 3.41. The number of carbonyl (C=O) groups excluding carboxylic acids is 3. The highest BCUT2D eigenvalue weighted by atomic mass is 35.5. The van der Waals surface area contributed by atoms with Crippen molar-refractivity contribution in [3.8, 4) is 0 Å². The molecule has 1 aromatic carbocycles. The molecule has 3 saturated heterocycles. The van der Waals surface area contributed by atoms with E-state index in [1.807, 2.05) is 19.1 Å². The SMILES string of the molecule is CNC(=O)[C@@H]1[C@@H]2CCC3(O2)C(C(=O)Nc2c(C)cccc2Cl)N(CCCCCO)C(=O)[C@H]13. The van der Waals surface area contributed by atoms with E-state index in [1.54, 1.807) is 18.0 Å². The van der Waals surface area contributed by atoms with Crippen molar-refractivity contribution >= 4 is 35.0 Å². The number of aryl methyl sites for hydroxylation is 1. The highest BCUT2D eigenvalue weighted by molar-refractivity contribution is 6.34. The predicted molar refractivity (Wildman–Crippen MR) is 119 cm³/mol. The first-order valence-electron chi connectivity index (χ1n) is 11.2. The largest absolute Gasteiger partial charge is 0.396 e. The number of amides is 3. The van der Waals surface area contributed by atoms with E-state index in [4.69, 9.17) is 21.4 Å². The molecule has 3 aliphatic rings. The summed E-state index contributed by atoms with van der Waals surface area (Å²) in [5.41, 5.74) is 0.315. The quantitative estimate of drug-likeness (QED) is 0.510. The fourth-order valence-corrected chi connectivity index (χ4v) is 5.98. The van der Waals surface area contributed by atoms with Crippen LogP contribution >= 0.6 is 11.6 Å². The number of nitrogens with zero attached hydrogens (tertiary/aromatic N) is 1. The Morgan fingerprint density at radius 1 is 1.28 bits per heavy atom. The molecular weight excluding hydrogens is 434 g/mol. The summed E-state index contributed by atoms with van der Waals surface area (Å²) in [5.74, 6) is -2.06. The van der Waals surface area contributed by atoms with Gasteiger partial charge in [0, 0.05) is 20.2 Å². The third-order valence-electron chi connectivity index (χ3n) is 7.12. The molecule has 174 valence electrons. The lowest BCUT2D eigenvalue weighted by atomic mass is 9.70. The lowest BCUT2D eigenvalue weighted by Crippen LogP contribution is -2.53. The number of unbranched alkanes of at least 4 members (excludes halogenated alkanes) is 2. The first kappa shape index (κ1) is 23.0. The van der Waals surface area contributed by atoms with Crippen LogP contribution in [0.1, 0.15) is 37.7 Å². The van der Waals surface area contributed by atoms with E-state index in [-0.39, 0.29) is 30.4 Å². The van der Waals surface area contributed by atoms with Crippen LogP contribution in [0.3, 0.4) is 0 Å². The number of fused-ring (bicyclic) bond motifs is 1. The Balaban J connectivity index is 1.67. The summed E-state index contributed by atoms with van der Waals surface area (Å²) in [4.78, 5) is 41.5. The molecular formula is C23H30ClN3O5. The monoisotopic (exact) mass is 463 g/mol. The number of halogens is 1. The highest BCUT2D eigenvalue weighted by Gasteiger charge is 2.74. The molecule has 0 saturated carbocycles. The molecule has 1 aromatic rings. The minimum Gasteiger partial charge on any atom is -0.396 e. The zero-order valence-corrected chi connectivity index (χ0v) is 19.2. The Morgan fingerprint density at radius 2 is 2.06 bits per heavy atom. The molecule has 9 heteroatoms. The summed E-state index contributed by atoms with van der Waals surface area (Å²) < 4.78 is 6.32. The van der Waals surface area contributed by atoms with E-state index in [0.29, 0.717) is 42.9 Å². The van der Waals surface area contributed by atoms with Crippen LogP contribution in [-0.4, -0.2) is 65.7 Å². The number of hydrogen-bond donors (Lipinski definition) is 3. The van der Waals surface area contributed by atoms with Gasteiger partial charge in [0.1, 0.15) is 11.6 Å². The molecule has 1 spiro atoms. The minimum absolute atomic E-state index is 0.0831. The second kappa shape index (κ2) is 9.00. The Bertz CT molecular complexity index is 905. The third-order valence-corrected chi connectivity index (χ3v) is 7.44. The second-order valence-electron chi connectivity index (χ2n) is 8.91. The molecule has 4 rings (SSSR count). The molecule has 0 aromatic heterocycles. The molecule has 3 fully saturated rings. The van der Waals surface area contributed by atoms with E-state index >= 15 is 0 Å². The lowest BCUT2D eigenvalue weighted by molar-refractivity contribution is -0.140. The third kappa shape index (κ3) is 3.58. The Hall–Kier alpha value is -2.16. The van der Waals surface area contributed by atoms with Gasteiger partial charge < -0.3 is 25.4 Å². The molecule has 3 N–H and O–H groups in total. The molecule has 0 radical (unpaired) electrons. The second-order valence-corrected chi connectivity index (χ2v) is 9.31. The van der Waals surface area contributed by atoms with Gasteiger partial charge in [-0.25, -0.2) is 0 Å². The summed E-state index contributed by atoms with van der Waals surface area (Å²) >= 11 is 6.33. The van der Waals surface area contributed by atoms with Crippen LogP contribution in [0.4, 0.5) is 5.69 Å². The zero-order chi connectivity index (χ0) is 23.0. The van der Waals surface area contributed by atoms with Crippen LogP contribution in [0, 0.1) is 18.8 Å². The molecule has 32 heavy (non-hydrogen) atoms. The van der Waals surface area contributed by atoms with Gasteiger partial charge in [0.2, 0.25) is 17.7 Å². The summed E-state index contributed by atoms with van der Waals surface area (Å²) in [6.45, 7) is 2.30. The molecule has 3 aliphatic heterocycles. The molecule has 3 heterocycles. The van der Waals surface area contributed by atoms with Gasteiger partial charge in [0.25, 0.3) is 0 Å². The van der Waals surface area contributed by atoms with Gasteiger partial charge in [-0.15, -0.1) is 0 Å². The number of carbonyl (C=O) groups is 3. The van der Waals surface area contributed by atoms with E-state index in [0.717, 1.165) is 12.0 Å². The topological polar surface area (TPSA) is 108 Å². The summed E-state index contributed by atoms with van der Waals surface area (Å²) in [6, 6.07) is 4.53. The number of rotatable bonds is 8. The summed E-state index contributed by atoms with van der Waals surface area (Å²) in [6.07, 6.45) is 2.84. The summed E-state index contributed by atoms with van der Waals surface area (Å²) in [5, 5.41) is 15.1. The fourth-order valence-electron chi connectivity index (χ4n) is 5.71. The molecule has 2 bridgehead atoms.